The number of carboxylic acid groups (broad SMARTS) is 1. The number of aryl methyl sites for hydroxylation is 1. The highest BCUT2D eigenvalue weighted by atomic mass is 35.5. The van der Waals surface area contributed by atoms with E-state index in [0.29, 0.717) is 35.5 Å². The maximum Gasteiger partial charge on any atom is 0.306 e. The van der Waals surface area contributed by atoms with Crippen molar-refractivity contribution in [1.82, 2.24) is 0 Å². The molecular weight excluding hydrogens is 379 g/mol. The second kappa shape index (κ2) is 7.64. The number of para-hydroxylation sites is 1. The number of aliphatic carboxylic acids is 1. The number of carbonyl (C=O) groups is 1. The van der Waals surface area contributed by atoms with Crippen LogP contribution in [0.3, 0.4) is 0 Å². The van der Waals surface area contributed by atoms with Gasteiger partial charge in [0.25, 0.3) is 0 Å². The van der Waals surface area contributed by atoms with Crippen LogP contribution in [0, 0.1) is 11.7 Å². The number of hydrogen-bond donors (Lipinski definition) is 1. The average molecular weight is 397 g/mol. The molecule has 0 heterocycles. The Hall–Kier alpha value is -2.85. The molecule has 0 radical (unpaired) electrons. The van der Waals surface area contributed by atoms with Crippen LogP contribution >= 0.6 is 11.6 Å². The third-order valence-electron chi connectivity index (χ3n) is 5.11. The summed E-state index contributed by atoms with van der Waals surface area (Å²) < 4.78 is 20.0. The molecule has 0 saturated heterocycles. The number of fused-ring (bicyclic) bond motifs is 1. The van der Waals surface area contributed by atoms with E-state index in [9.17, 15) is 14.3 Å². The first kappa shape index (κ1) is 18.5. The fourth-order valence-electron chi connectivity index (χ4n) is 3.62. The SMILES string of the molecule is O=C(O)C1CCc2ccc(Oc3ccccc3-c3cccc(F)c3Cl)cc2C1. The lowest BCUT2D eigenvalue weighted by Crippen LogP contribution is -2.22. The van der Waals surface area contributed by atoms with Crippen LogP contribution in [-0.2, 0) is 17.6 Å². The van der Waals surface area contributed by atoms with E-state index in [-0.39, 0.29) is 10.9 Å². The molecule has 0 saturated carbocycles. The van der Waals surface area contributed by atoms with E-state index in [1.165, 1.54) is 6.07 Å². The molecule has 3 nitrogen and oxygen atoms in total. The molecule has 1 aliphatic carbocycles. The van der Waals surface area contributed by atoms with Gasteiger partial charge in [0.1, 0.15) is 17.3 Å². The maximum absolute atomic E-state index is 13.9. The number of ether oxygens (including phenoxy) is 1. The number of carboxylic acids is 1. The monoisotopic (exact) mass is 396 g/mol. The summed E-state index contributed by atoms with van der Waals surface area (Å²) in [5.41, 5.74) is 3.40. The van der Waals surface area contributed by atoms with E-state index in [2.05, 4.69) is 0 Å². The van der Waals surface area contributed by atoms with Gasteiger partial charge in [0.2, 0.25) is 0 Å². The van der Waals surface area contributed by atoms with Crippen LogP contribution in [0.4, 0.5) is 4.39 Å². The quantitative estimate of drug-likeness (QED) is 0.577. The average Bonchev–Trinajstić information content (AvgIpc) is 2.70. The first-order valence-corrected chi connectivity index (χ1v) is 9.46. The van der Waals surface area contributed by atoms with Crippen LogP contribution in [-0.4, -0.2) is 11.1 Å². The zero-order valence-corrected chi connectivity index (χ0v) is 15.7. The Morgan fingerprint density at radius 2 is 1.82 bits per heavy atom. The summed E-state index contributed by atoms with van der Waals surface area (Å²) in [5.74, 6) is -0.433. The fourth-order valence-corrected chi connectivity index (χ4v) is 3.85. The lowest BCUT2D eigenvalue weighted by atomic mass is 9.84. The molecule has 28 heavy (non-hydrogen) atoms. The molecule has 0 aromatic heterocycles. The molecule has 0 bridgehead atoms. The highest BCUT2D eigenvalue weighted by Gasteiger charge is 2.24. The van der Waals surface area contributed by atoms with Crippen LogP contribution < -0.4 is 4.74 Å². The third-order valence-corrected chi connectivity index (χ3v) is 5.50. The van der Waals surface area contributed by atoms with E-state index in [1.54, 1.807) is 18.2 Å². The fraction of sp³-hybridized carbons (Fsp3) is 0.174. The first-order valence-electron chi connectivity index (χ1n) is 9.09. The topological polar surface area (TPSA) is 46.5 Å². The molecule has 0 aliphatic heterocycles. The Morgan fingerprint density at radius 3 is 2.64 bits per heavy atom. The molecule has 3 aromatic carbocycles. The largest absolute Gasteiger partial charge is 0.481 e. The van der Waals surface area contributed by atoms with Crippen LogP contribution in [0.5, 0.6) is 11.5 Å². The van der Waals surface area contributed by atoms with E-state index < -0.39 is 11.8 Å². The van der Waals surface area contributed by atoms with Gasteiger partial charge in [-0.1, -0.05) is 48.0 Å². The van der Waals surface area contributed by atoms with E-state index in [1.807, 2.05) is 36.4 Å². The molecule has 1 N–H and O–H groups in total. The van der Waals surface area contributed by atoms with Crippen molar-refractivity contribution < 1.29 is 19.0 Å². The zero-order chi connectivity index (χ0) is 19.7. The van der Waals surface area contributed by atoms with Crippen molar-refractivity contribution in [2.24, 2.45) is 5.92 Å². The molecule has 4 rings (SSSR count). The molecule has 3 aromatic rings. The molecule has 1 atom stereocenters. The number of benzene rings is 3. The lowest BCUT2D eigenvalue weighted by molar-refractivity contribution is -0.142. The van der Waals surface area contributed by atoms with Gasteiger partial charge in [-0.2, -0.15) is 0 Å². The summed E-state index contributed by atoms with van der Waals surface area (Å²) in [5, 5.41) is 9.35. The Labute approximate surface area is 167 Å². The van der Waals surface area contributed by atoms with Gasteiger partial charge >= 0.3 is 5.97 Å². The Bertz CT molecular complexity index is 1050. The lowest BCUT2D eigenvalue weighted by Gasteiger charge is -2.22. The van der Waals surface area contributed by atoms with E-state index in [4.69, 9.17) is 16.3 Å². The summed E-state index contributed by atoms with van der Waals surface area (Å²) in [4.78, 5) is 11.3. The summed E-state index contributed by atoms with van der Waals surface area (Å²) >= 11 is 6.16. The van der Waals surface area contributed by atoms with Gasteiger partial charge < -0.3 is 9.84 Å². The van der Waals surface area contributed by atoms with Gasteiger partial charge in [0.05, 0.1) is 10.9 Å². The Morgan fingerprint density at radius 1 is 1.04 bits per heavy atom. The molecule has 1 unspecified atom stereocenters. The molecular formula is C23H18ClFO3. The van der Waals surface area contributed by atoms with E-state index in [0.717, 1.165) is 17.5 Å². The Kier molecular flexibility index (Phi) is 5.05. The van der Waals surface area contributed by atoms with E-state index >= 15 is 0 Å². The minimum Gasteiger partial charge on any atom is -0.481 e. The second-order valence-corrected chi connectivity index (χ2v) is 7.29. The van der Waals surface area contributed by atoms with Gasteiger partial charge in [-0.3, -0.25) is 4.79 Å². The number of hydrogen-bond acceptors (Lipinski definition) is 2. The van der Waals surface area contributed by atoms with Crippen molar-refractivity contribution in [2.45, 2.75) is 19.3 Å². The number of halogens is 2. The minimum atomic E-state index is -0.761. The molecule has 0 amide bonds. The molecule has 5 heteroatoms. The van der Waals surface area contributed by atoms with Crippen LogP contribution in [0.25, 0.3) is 11.1 Å². The summed E-state index contributed by atoms with van der Waals surface area (Å²) in [6, 6.07) is 17.7. The van der Waals surface area contributed by atoms with Crippen molar-refractivity contribution in [3.63, 3.8) is 0 Å². The minimum absolute atomic E-state index is 0.0493. The zero-order valence-electron chi connectivity index (χ0n) is 15.0. The van der Waals surface area contributed by atoms with Crippen molar-refractivity contribution >= 4 is 17.6 Å². The van der Waals surface area contributed by atoms with Crippen molar-refractivity contribution in [2.75, 3.05) is 0 Å². The standard InChI is InChI=1S/C23H18ClFO3/c24-22-19(5-3-6-20(22)25)18-4-1-2-7-21(18)28-17-11-10-14-8-9-15(23(26)27)12-16(14)13-17/h1-7,10-11,13,15H,8-9,12H2,(H,26,27). The third kappa shape index (κ3) is 3.60. The van der Waals surface area contributed by atoms with Crippen molar-refractivity contribution in [3.8, 4) is 22.6 Å². The number of rotatable bonds is 4. The molecule has 0 fully saturated rings. The Balaban J connectivity index is 1.67. The maximum atomic E-state index is 13.9. The molecule has 142 valence electrons. The van der Waals surface area contributed by atoms with Crippen LogP contribution in [0.2, 0.25) is 5.02 Å². The summed E-state index contributed by atoms with van der Waals surface area (Å²) in [6.45, 7) is 0. The predicted octanol–water partition coefficient (Wildman–Crippen LogP) is 6.13. The van der Waals surface area contributed by atoms with Crippen molar-refractivity contribution in [3.05, 3.63) is 82.6 Å². The van der Waals surface area contributed by atoms with Gasteiger partial charge in [0, 0.05) is 11.1 Å². The van der Waals surface area contributed by atoms with Gasteiger partial charge in [-0.05, 0) is 54.7 Å². The molecule has 1 aliphatic rings. The first-order chi connectivity index (χ1) is 13.5. The summed E-state index contributed by atoms with van der Waals surface area (Å²) in [7, 11) is 0. The van der Waals surface area contributed by atoms with Gasteiger partial charge in [-0.25, -0.2) is 4.39 Å². The second-order valence-electron chi connectivity index (χ2n) is 6.91. The predicted molar refractivity (Wildman–Crippen MR) is 107 cm³/mol. The van der Waals surface area contributed by atoms with Gasteiger partial charge in [0.15, 0.2) is 0 Å². The highest BCUT2D eigenvalue weighted by molar-refractivity contribution is 6.33. The van der Waals surface area contributed by atoms with Gasteiger partial charge in [-0.15, -0.1) is 0 Å². The van der Waals surface area contributed by atoms with Crippen molar-refractivity contribution in [1.29, 1.82) is 0 Å². The normalized spacial score (nSPS) is 15.7. The summed E-state index contributed by atoms with van der Waals surface area (Å²) in [6.07, 6.45) is 1.91. The smallest absolute Gasteiger partial charge is 0.306 e. The van der Waals surface area contributed by atoms with Crippen LogP contribution in [0.1, 0.15) is 17.5 Å². The molecule has 0 spiro atoms. The highest BCUT2D eigenvalue weighted by Crippen LogP contribution is 2.38. The van der Waals surface area contributed by atoms with Crippen LogP contribution in [0.15, 0.2) is 60.7 Å².